The molecule has 0 fully saturated rings. The highest BCUT2D eigenvalue weighted by Gasteiger charge is 2.14. The van der Waals surface area contributed by atoms with E-state index in [1.54, 1.807) is 48.3 Å². The van der Waals surface area contributed by atoms with E-state index in [1.807, 2.05) is 0 Å². The van der Waals surface area contributed by atoms with E-state index in [0.29, 0.717) is 16.6 Å². The number of carbonyl (C=O) groups is 1. The van der Waals surface area contributed by atoms with Crippen LogP contribution in [0.25, 0.3) is 10.8 Å². The number of rotatable bonds is 2. The van der Waals surface area contributed by atoms with Crippen molar-refractivity contribution in [1.82, 2.24) is 20.0 Å². The molecule has 100 valence electrons. The van der Waals surface area contributed by atoms with Gasteiger partial charge in [-0.25, -0.2) is 5.10 Å². The van der Waals surface area contributed by atoms with Crippen molar-refractivity contribution in [2.24, 2.45) is 7.05 Å². The normalized spacial score (nSPS) is 10.7. The quantitative estimate of drug-likeness (QED) is 0.723. The number of nitrogens with one attached hydrogen (secondary N) is 2. The van der Waals surface area contributed by atoms with E-state index in [0.717, 1.165) is 0 Å². The first-order valence-electron chi connectivity index (χ1n) is 5.93. The third-order valence-electron chi connectivity index (χ3n) is 2.87. The van der Waals surface area contributed by atoms with Crippen molar-refractivity contribution in [2.45, 2.75) is 0 Å². The second-order valence-electron chi connectivity index (χ2n) is 4.28. The standard InChI is InChI=1S/C13H11N5O2/c1-18-7-6-10(17-18)14-13(20)11-8-4-2-3-5-9(8)12(19)16-15-11/h2-7H,1H3,(H,16,19)(H,14,17,20). The Bertz CT molecular complexity index is 849. The Balaban J connectivity index is 2.04. The fraction of sp³-hybridized carbons (Fsp3) is 0.0769. The Morgan fingerprint density at radius 2 is 2.00 bits per heavy atom. The van der Waals surface area contributed by atoms with E-state index in [2.05, 4.69) is 20.6 Å². The minimum atomic E-state index is -0.420. The van der Waals surface area contributed by atoms with Crippen LogP contribution in [-0.2, 0) is 7.05 Å². The van der Waals surface area contributed by atoms with E-state index in [4.69, 9.17) is 0 Å². The fourth-order valence-corrected chi connectivity index (χ4v) is 1.95. The highest BCUT2D eigenvalue weighted by molar-refractivity contribution is 6.10. The van der Waals surface area contributed by atoms with Gasteiger partial charge in [0.1, 0.15) is 0 Å². The summed E-state index contributed by atoms with van der Waals surface area (Å²) in [6, 6.07) is 8.49. The summed E-state index contributed by atoms with van der Waals surface area (Å²) >= 11 is 0. The van der Waals surface area contributed by atoms with Gasteiger partial charge in [-0.1, -0.05) is 18.2 Å². The van der Waals surface area contributed by atoms with Crippen molar-refractivity contribution in [1.29, 1.82) is 0 Å². The maximum absolute atomic E-state index is 12.2. The topological polar surface area (TPSA) is 92.7 Å². The maximum atomic E-state index is 12.2. The van der Waals surface area contributed by atoms with Gasteiger partial charge in [-0.3, -0.25) is 14.3 Å². The number of hydrogen-bond donors (Lipinski definition) is 2. The molecule has 0 unspecified atom stereocenters. The molecule has 20 heavy (non-hydrogen) atoms. The van der Waals surface area contributed by atoms with Gasteiger partial charge < -0.3 is 5.32 Å². The Morgan fingerprint density at radius 1 is 1.25 bits per heavy atom. The first-order valence-corrected chi connectivity index (χ1v) is 5.93. The highest BCUT2D eigenvalue weighted by atomic mass is 16.2. The van der Waals surface area contributed by atoms with Gasteiger partial charge in [-0.2, -0.15) is 10.2 Å². The average molecular weight is 269 g/mol. The zero-order valence-electron chi connectivity index (χ0n) is 10.6. The Kier molecular flexibility index (Phi) is 2.79. The second kappa shape index (κ2) is 4.61. The number of carbonyl (C=O) groups excluding carboxylic acids is 1. The number of H-pyrrole nitrogens is 1. The molecule has 0 aliphatic rings. The van der Waals surface area contributed by atoms with Crippen LogP contribution >= 0.6 is 0 Å². The van der Waals surface area contributed by atoms with Crippen LogP contribution < -0.4 is 10.9 Å². The SMILES string of the molecule is Cn1ccc(NC(=O)c2n[nH]c(=O)c3ccccc23)n1. The van der Waals surface area contributed by atoms with E-state index < -0.39 is 5.91 Å². The largest absolute Gasteiger partial charge is 0.304 e. The predicted molar refractivity (Wildman–Crippen MR) is 73.5 cm³/mol. The van der Waals surface area contributed by atoms with Crippen molar-refractivity contribution in [3.63, 3.8) is 0 Å². The van der Waals surface area contributed by atoms with Gasteiger partial charge in [0.05, 0.1) is 5.39 Å². The maximum Gasteiger partial charge on any atom is 0.277 e. The number of aromatic amines is 1. The molecule has 0 saturated carbocycles. The first-order chi connectivity index (χ1) is 9.65. The summed E-state index contributed by atoms with van der Waals surface area (Å²) in [5.41, 5.74) is -0.166. The average Bonchev–Trinajstić information content (AvgIpc) is 2.84. The molecule has 0 atom stereocenters. The first kappa shape index (κ1) is 12.1. The minimum absolute atomic E-state index is 0.158. The molecule has 3 aromatic rings. The number of anilines is 1. The van der Waals surface area contributed by atoms with Crippen LogP contribution in [0.1, 0.15) is 10.5 Å². The highest BCUT2D eigenvalue weighted by Crippen LogP contribution is 2.13. The lowest BCUT2D eigenvalue weighted by molar-refractivity contribution is 0.102. The Labute approximate surface area is 113 Å². The molecule has 7 nitrogen and oxygen atoms in total. The number of aromatic nitrogens is 4. The number of hydrogen-bond acceptors (Lipinski definition) is 4. The molecule has 0 aliphatic carbocycles. The zero-order chi connectivity index (χ0) is 14.1. The molecule has 1 amide bonds. The van der Waals surface area contributed by atoms with E-state index in [-0.39, 0.29) is 11.3 Å². The van der Waals surface area contributed by atoms with Crippen molar-refractivity contribution >= 4 is 22.5 Å². The van der Waals surface area contributed by atoms with Crippen molar-refractivity contribution in [3.8, 4) is 0 Å². The Morgan fingerprint density at radius 3 is 2.70 bits per heavy atom. The summed E-state index contributed by atoms with van der Waals surface area (Å²) in [6.07, 6.45) is 1.72. The van der Waals surface area contributed by atoms with Crippen molar-refractivity contribution in [3.05, 3.63) is 52.6 Å². The molecule has 0 aliphatic heterocycles. The van der Waals surface area contributed by atoms with Crippen LogP contribution in [-0.4, -0.2) is 25.9 Å². The summed E-state index contributed by atoms with van der Waals surface area (Å²) in [5.74, 6) is 0.00531. The number of benzene rings is 1. The smallest absolute Gasteiger partial charge is 0.277 e. The third-order valence-corrected chi connectivity index (χ3v) is 2.87. The summed E-state index contributed by atoms with van der Waals surface area (Å²) in [5, 5.41) is 13.8. The molecule has 2 heterocycles. The van der Waals surface area contributed by atoms with E-state index in [1.165, 1.54) is 0 Å². The van der Waals surface area contributed by atoms with Gasteiger partial charge in [-0.05, 0) is 6.07 Å². The molecule has 0 bridgehead atoms. The summed E-state index contributed by atoms with van der Waals surface area (Å²) in [7, 11) is 1.75. The van der Waals surface area contributed by atoms with Crippen LogP contribution in [0, 0.1) is 0 Å². The van der Waals surface area contributed by atoms with E-state index in [9.17, 15) is 9.59 Å². The third kappa shape index (κ3) is 2.05. The van der Waals surface area contributed by atoms with Gasteiger partial charge in [0.15, 0.2) is 11.5 Å². The van der Waals surface area contributed by atoms with Gasteiger partial charge in [0, 0.05) is 24.7 Å². The molecular formula is C13H11N5O2. The van der Waals surface area contributed by atoms with Crippen molar-refractivity contribution < 1.29 is 4.79 Å². The molecule has 3 rings (SSSR count). The van der Waals surface area contributed by atoms with Gasteiger partial charge in [0.25, 0.3) is 11.5 Å². The minimum Gasteiger partial charge on any atom is -0.304 e. The molecule has 0 spiro atoms. The lowest BCUT2D eigenvalue weighted by Crippen LogP contribution is -2.19. The fourth-order valence-electron chi connectivity index (χ4n) is 1.95. The van der Waals surface area contributed by atoms with E-state index >= 15 is 0 Å². The molecule has 2 N–H and O–H groups in total. The zero-order valence-corrected chi connectivity index (χ0v) is 10.6. The van der Waals surface area contributed by atoms with Gasteiger partial charge in [-0.15, -0.1) is 0 Å². The van der Waals surface area contributed by atoms with Gasteiger partial charge >= 0.3 is 0 Å². The monoisotopic (exact) mass is 269 g/mol. The molecule has 2 aromatic heterocycles. The van der Waals surface area contributed by atoms with Crippen LogP contribution in [0.3, 0.4) is 0 Å². The molecule has 0 radical (unpaired) electrons. The molecular weight excluding hydrogens is 258 g/mol. The molecule has 0 saturated heterocycles. The van der Waals surface area contributed by atoms with Crippen LogP contribution in [0.2, 0.25) is 0 Å². The summed E-state index contributed by atoms with van der Waals surface area (Å²) < 4.78 is 1.58. The Hall–Kier alpha value is -2.96. The lowest BCUT2D eigenvalue weighted by atomic mass is 10.1. The van der Waals surface area contributed by atoms with Crippen LogP contribution in [0.4, 0.5) is 5.82 Å². The molecule has 1 aromatic carbocycles. The van der Waals surface area contributed by atoms with Crippen LogP contribution in [0.5, 0.6) is 0 Å². The lowest BCUT2D eigenvalue weighted by Gasteiger charge is -2.04. The predicted octanol–water partition coefficient (Wildman–Crippen LogP) is 0.909. The number of fused-ring (bicyclic) bond motifs is 1. The second-order valence-corrected chi connectivity index (χ2v) is 4.28. The number of nitrogens with zero attached hydrogens (tertiary/aromatic N) is 3. The number of amides is 1. The summed E-state index contributed by atoms with van der Waals surface area (Å²) in [6.45, 7) is 0. The van der Waals surface area contributed by atoms with Gasteiger partial charge in [0.2, 0.25) is 0 Å². The molecule has 7 heteroatoms. The van der Waals surface area contributed by atoms with Crippen molar-refractivity contribution in [2.75, 3.05) is 5.32 Å². The number of aryl methyl sites for hydroxylation is 1. The van der Waals surface area contributed by atoms with Crippen LogP contribution in [0.15, 0.2) is 41.3 Å². The summed E-state index contributed by atoms with van der Waals surface area (Å²) in [4.78, 5) is 23.9.